The van der Waals surface area contributed by atoms with Gasteiger partial charge in [0.15, 0.2) is 5.78 Å². The Morgan fingerprint density at radius 1 is 1.24 bits per heavy atom. The lowest BCUT2D eigenvalue weighted by molar-refractivity contribution is -0.306. The van der Waals surface area contributed by atoms with E-state index in [9.17, 15) is 19.5 Å². The molecule has 10 atom stereocenters. The zero-order valence-corrected chi connectivity index (χ0v) is 20.7. The number of methoxy groups -OCH3 is 1. The van der Waals surface area contributed by atoms with Crippen LogP contribution in [0.5, 0.6) is 0 Å². The van der Waals surface area contributed by atoms with Crippen LogP contribution >= 0.6 is 0 Å². The maximum absolute atomic E-state index is 13.7. The Balaban J connectivity index is 1.62. The zero-order valence-electron chi connectivity index (χ0n) is 20.7. The number of hydrogen-bond donors (Lipinski definition) is 1. The minimum absolute atomic E-state index is 0.0152. The average Bonchev–Trinajstić information content (AvgIpc) is 3.34. The number of ether oxygens (including phenoxy) is 2. The quantitative estimate of drug-likeness (QED) is 0.521. The van der Waals surface area contributed by atoms with Gasteiger partial charge in [-0.2, -0.15) is 0 Å². The van der Waals surface area contributed by atoms with Gasteiger partial charge < -0.3 is 19.0 Å². The van der Waals surface area contributed by atoms with Gasteiger partial charge in [0.05, 0.1) is 18.9 Å². The minimum atomic E-state index is -1.20. The van der Waals surface area contributed by atoms with Crippen molar-refractivity contribution in [3.8, 4) is 0 Å². The number of hydrogen-bond acceptors (Lipinski definition) is 7. The van der Waals surface area contributed by atoms with Gasteiger partial charge in [0.25, 0.3) is 0 Å². The topological polar surface area (TPSA) is 103 Å². The lowest BCUT2D eigenvalue weighted by atomic mass is 9.36. The molecule has 4 aliphatic rings. The summed E-state index contributed by atoms with van der Waals surface area (Å²) < 4.78 is 16.2. The van der Waals surface area contributed by atoms with E-state index in [4.69, 9.17) is 13.9 Å². The van der Waals surface area contributed by atoms with E-state index in [2.05, 4.69) is 13.8 Å². The molecule has 0 radical (unpaired) electrons. The van der Waals surface area contributed by atoms with Crippen LogP contribution in [0, 0.1) is 46.3 Å². The monoisotopic (exact) mass is 472 g/mol. The standard InChI is InChI=1S/C27H36O7/c1-14-12-27(31)15(2)26(4,18(14)10-20(28)32-5)17-6-8-25(3,23(30)16-7-9-33-13-16)19-11-21(29)34-24(27)22(17)19/h7,9,13-15,17-19,22,24,31H,6,8,10-12H2,1-5H3/t14?,15?,17?,18-,19?,22?,24-,25+,26+,27+/m0/s1. The first-order chi connectivity index (χ1) is 16.0. The van der Waals surface area contributed by atoms with Crippen molar-refractivity contribution in [2.24, 2.45) is 46.3 Å². The first-order valence-corrected chi connectivity index (χ1v) is 12.5. The summed E-state index contributed by atoms with van der Waals surface area (Å²) >= 11 is 0. The summed E-state index contributed by atoms with van der Waals surface area (Å²) in [4.78, 5) is 39.0. The van der Waals surface area contributed by atoms with Crippen LogP contribution in [0.1, 0.15) is 70.2 Å². The smallest absolute Gasteiger partial charge is 0.306 e. The van der Waals surface area contributed by atoms with Crippen LogP contribution in [0.25, 0.3) is 0 Å². The van der Waals surface area contributed by atoms with Crippen molar-refractivity contribution in [2.75, 3.05) is 7.11 Å². The second-order valence-corrected chi connectivity index (χ2v) is 11.8. The molecular formula is C27H36O7. The molecule has 1 saturated heterocycles. The number of esters is 2. The molecule has 7 nitrogen and oxygen atoms in total. The van der Waals surface area contributed by atoms with E-state index in [0.29, 0.717) is 24.8 Å². The summed E-state index contributed by atoms with van der Waals surface area (Å²) in [6.45, 7) is 8.31. The first-order valence-electron chi connectivity index (χ1n) is 12.5. The van der Waals surface area contributed by atoms with Crippen molar-refractivity contribution >= 4 is 17.7 Å². The lowest BCUT2D eigenvalue weighted by Crippen LogP contribution is -2.75. The van der Waals surface area contributed by atoms with Crippen LogP contribution in [0.4, 0.5) is 0 Å². The highest BCUT2D eigenvalue weighted by molar-refractivity contribution is 6.00. The molecule has 0 spiro atoms. The molecule has 1 N–H and O–H groups in total. The van der Waals surface area contributed by atoms with Gasteiger partial charge in [0.2, 0.25) is 0 Å². The predicted octanol–water partition coefficient (Wildman–Crippen LogP) is 4.03. The van der Waals surface area contributed by atoms with Crippen molar-refractivity contribution in [1.29, 1.82) is 0 Å². The van der Waals surface area contributed by atoms with Crippen molar-refractivity contribution in [3.05, 3.63) is 24.2 Å². The molecule has 3 saturated carbocycles. The van der Waals surface area contributed by atoms with E-state index in [0.717, 1.165) is 6.42 Å². The normalized spacial score (nSPS) is 47.4. The molecule has 1 aliphatic heterocycles. The van der Waals surface area contributed by atoms with E-state index in [1.165, 1.54) is 19.6 Å². The van der Waals surface area contributed by atoms with Gasteiger partial charge in [0, 0.05) is 24.2 Å². The van der Waals surface area contributed by atoms with Crippen molar-refractivity contribution < 1.29 is 33.4 Å². The number of carbonyl (C=O) groups is 3. The molecule has 1 aromatic heterocycles. The predicted molar refractivity (Wildman–Crippen MR) is 121 cm³/mol. The molecule has 0 aromatic carbocycles. The van der Waals surface area contributed by atoms with Gasteiger partial charge in [-0.05, 0) is 60.3 Å². The molecule has 1 aromatic rings. The minimum Gasteiger partial charge on any atom is -0.472 e. The second-order valence-electron chi connectivity index (χ2n) is 11.8. The summed E-state index contributed by atoms with van der Waals surface area (Å²) in [5.74, 6) is -0.937. The lowest BCUT2D eigenvalue weighted by Gasteiger charge is -2.71. The first kappa shape index (κ1) is 23.6. The van der Waals surface area contributed by atoms with Crippen LogP contribution in [-0.4, -0.2) is 41.6 Å². The molecule has 186 valence electrons. The highest BCUT2D eigenvalue weighted by Crippen LogP contribution is 2.70. The fraction of sp³-hybridized carbons (Fsp3) is 0.741. The summed E-state index contributed by atoms with van der Waals surface area (Å²) in [7, 11) is 1.42. The largest absolute Gasteiger partial charge is 0.472 e. The van der Waals surface area contributed by atoms with Crippen molar-refractivity contribution in [1.82, 2.24) is 0 Å². The highest BCUT2D eigenvalue weighted by Gasteiger charge is 2.73. The Morgan fingerprint density at radius 3 is 2.62 bits per heavy atom. The van der Waals surface area contributed by atoms with Crippen LogP contribution in [-0.2, 0) is 19.1 Å². The van der Waals surface area contributed by atoms with Crippen molar-refractivity contribution in [3.63, 3.8) is 0 Å². The maximum Gasteiger partial charge on any atom is 0.306 e. The van der Waals surface area contributed by atoms with Gasteiger partial charge in [0.1, 0.15) is 18.0 Å². The van der Waals surface area contributed by atoms with Gasteiger partial charge in [-0.1, -0.05) is 27.7 Å². The molecule has 4 fully saturated rings. The molecule has 5 unspecified atom stereocenters. The number of ketones is 1. The SMILES string of the molecule is COC(=O)C[C@H]1C(C)C[C@@]2(O)C(C)[C@]1(C)C1CC[C@@](C)(C(=O)c3ccoc3)C3CC(=O)O[C@H]2C13. The Labute approximate surface area is 200 Å². The van der Waals surface area contributed by atoms with Crippen molar-refractivity contribution in [2.45, 2.75) is 71.5 Å². The van der Waals surface area contributed by atoms with Gasteiger partial charge in [-0.3, -0.25) is 14.4 Å². The summed E-state index contributed by atoms with van der Waals surface area (Å²) in [6, 6.07) is 1.68. The fourth-order valence-electron chi connectivity index (χ4n) is 8.89. The Kier molecular flexibility index (Phi) is 5.32. The Bertz CT molecular complexity index is 1000. The molecule has 34 heavy (non-hydrogen) atoms. The molecule has 0 amide bonds. The van der Waals surface area contributed by atoms with E-state index in [1.807, 2.05) is 13.8 Å². The van der Waals surface area contributed by atoms with Crippen LogP contribution in [0.3, 0.4) is 0 Å². The molecule has 3 aliphatic carbocycles. The van der Waals surface area contributed by atoms with Gasteiger partial charge >= 0.3 is 11.9 Å². The number of fused-ring (bicyclic) bond motifs is 4. The van der Waals surface area contributed by atoms with Crippen LogP contribution < -0.4 is 0 Å². The average molecular weight is 473 g/mol. The molecule has 2 bridgehead atoms. The number of rotatable bonds is 4. The third-order valence-corrected chi connectivity index (χ3v) is 10.7. The molecule has 7 heteroatoms. The second kappa shape index (κ2) is 7.67. The number of aliphatic hydroxyl groups is 1. The van der Waals surface area contributed by atoms with Crippen LogP contribution in [0.15, 0.2) is 23.0 Å². The zero-order chi connectivity index (χ0) is 24.6. The van der Waals surface area contributed by atoms with E-state index in [-0.39, 0.29) is 65.1 Å². The summed E-state index contributed by atoms with van der Waals surface area (Å²) in [6.07, 6.45) is 4.65. The van der Waals surface area contributed by atoms with E-state index in [1.54, 1.807) is 6.07 Å². The summed E-state index contributed by atoms with van der Waals surface area (Å²) in [5, 5.41) is 12.2. The fourth-order valence-corrected chi connectivity index (χ4v) is 8.89. The van der Waals surface area contributed by atoms with Gasteiger partial charge in [-0.15, -0.1) is 0 Å². The third-order valence-electron chi connectivity index (χ3n) is 10.7. The Morgan fingerprint density at radius 2 is 1.97 bits per heavy atom. The molecule has 2 heterocycles. The summed E-state index contributed by atoms with van der Waals surface area (Å²) in [5.41, 5.74) is -1.80. The van der Waals surface area contributed by atoms with E-state index < -0.39 is 17.1 Å². The Hall–Kier alpha value is -2.15. The number of carbonyl (C=O) groups excluding carboxylic acids is 3. The van der Waals surface area contributed by atoms with Gasteiger partial charge in [-0.25, -0.2) is 0 Å². The van der Waals surface area contributed by atoms with E-state index >= 15 is 0 Å². The third kappa shape index (κ3) is 2.94. The maximum atomic E-state index is 13.7. The molecule has 5 rings (SSSR count). The number of furan rings is 1. The van der Waals surface area contributed by atoms with Crippen LogP contribution in [0.2, 0.25) is 0 Å². The number of Topliss-reactive ketones (excluding diaryl/α,β-unsaturated/α-hetero) is 1. The highest BCUT2D eigenvalue weighted by atomic mass is 16.6. The molecular weight excluding hydrogens is 436 g/mol.